The van der Waals surface area contributed by atoms with Crippen molar-refractivity contribution >= 4 is 17.3 Å². The second kappa shape index (κ2) is 8.15. The Morgan fingerprint density at radius 3 is 2.45 bits per heavy atom. The SMILES string of the molecule is Cc1ccc(-c2nc(C(=O)Nc3cccc([N+](=O)[O-])c3)nn2-c2ccc(F)cc2)cc1. The second-order valence-electron chi connectivity index (χ2n) is 6.77. The molecule has 9 heteroatoms. The van der Waals surface area contributed by atoms with Crippen molar-refractivity contribution in [1.29, 1.82) is 0 Å². The smallest absolute Gasteiger partial charge is 0.295 e. The fourth-order valence-corrected chi connectivity index (χ4v) is 2.94. The molecule has 0 spiro atoms. The summed E-state index contributed by atoms with van der Waals surface area (Å²) in [6.07, 6.45) is 0. The summed E-state index contributed by atoms with van der Waals surface area (Å²) in [5, 5.41) is 17.8. The molecular formula is C22H16FN5O3. The van der Waals surface area contributed by atoms with Crippen LogP contribution in [0.1, 0.15) is 16.2 Å². The van der Waals surface area contributed by atoms with Gasteiger partial charge in [-0.25, -0.2) is 14.1 Å². The normalized spacial score (nSPS) is 10.6. The molecule has 0 aliphatic carbocycles. The summed E-state index contributed by atoms with van der Waals surface area (Å²) < 4.78 is 14.8. The quantitative estimate of drug-likeness (QED) is 0.379. The summed E-state index contributed by atoms with van der Waals surface area (Å²) in [5.74, 6) is -0.763. The Morgan fingerprint density at radius 1 is 1.06 bits per heavy atom. The van der Waals surface area contributed by atoms with Crippen LogP contribution in [0.4, 0.5) is 15.8 Å². The number of nitro groups is 1. The van der Waals surface area contributed by atoms with Crippen LogP contribution in [0.3, 0.4) is 0 Å². The van der Waals surface area contributed by atoms with Crippen molar-refractivity contribution in [3.05, 3.63) is 100 Å². The lowest BCUT2D eigenvalue weighted by Gasteiger charge is -2.06. The summed E-state index contributed by atoms with van der Waals surface area (Å²) in [4.78, 5) is 27.5. The third-order valence-corrected chi connectivity index (χ3v) is 4.51. The van der Waals surface area contributed by atoms with E-state index in [1.807, 2.05) is 31.2 Å². The Labute approximate surface area is 176 Å². The van der Waals surface area contributed by atoms with E-state index in [4.69, 9.17) is 0 Å². The first kappa shape index (κ1) is 19.9. The maximum absolute atomic E-state index is 13.4. The molecule has 0 radical (unpaired) electrons. The van der Waals surface area contributed by atoms with Gasteiger partial charge in [-0.2, -0.15) is 0 Å². The van der Waals surface area contributed by atoms with Crippen molar-refractivity contribution in [3.63, 3.8) is 0 Å². The average molecular weight is 417 g/mol. The molecule has 0 fully saturated rings. The van der Waals surface area contributed by atoms with Crippen LogP contribution in [0, 0.1) is 22.9 Å². The molecule has 1 amide bonds. The molecule has 0 aliphatic rings. The molecule has 4 rings (SSSR count). The number of amides is 1. The van der Waals surface area contributed by atoms with Gasteiger partial charge in [0.1, 0.15) is 5.82 Å². The number of benzene rings is 3. The van der Waals surface area contributed by atoms with Gasteiger partial charge < -0.3 is 5.32 Å². The number of carbonyl (C=O) groups is 1. The van der Waals surface area contributed by atoms with E-state index in [-0.39, 0.29) is 17.2 Å². The van der Waals surface area contributed by atoms with Gasteiger partial charge in [0.15, 0.2) is 5.82 Å². The van der Waals surface area contributed by atoms with Gasteiger partial charge in [-0.05, 0) is 37.3 Å². The largest absolute Gasteiger partial charge is 0.319 e. The third-order valence-electron chi connectivity index (χ3n) is 4.51. The van der Waals surface area contributed by atoms with Crippen LogP contribution in [0.5, 0.6) is 0 Å². The van der Waals surface area contributed by atoms with Crippen LogP contribution >= 0.6 is 0 Å². The van der Waals surface area contributed by atoms with Gasteiger partial charge in [0, 0.05) is 23.4 Å². The summed E-state index contributed by atoms with van der Waals surface area (Å²) in [6.45, 7) is 1.95. The minimum atomic E-state index is -0.630. The third kappa shape index (κ3) is 4.30. The lowest BCUT2D eigenvalue weighted by molar-refractivity contribution is -0.384. The van der Waals surface area contributed by atoms with Crippen LogP contribution < -0.4 is 5.32 Å². The van der Waals surface area contributed by atoms with Crippen molar-refractivity contribution in [1.82, 2.24) is 14.8 Å². The number of nitrogens with one attached hydrogen (secondary N) is 1. The highest BCUT2D eigenvalue weighted by Crippen LogP contribution is 2.23. The zero-order valence-corrected chi connectivity index (χ0v) is 16.3. The molecule has 0 unspecified atom stereocenters. The maximum Gasteiger partial charge on any atom is 0.295 e. The minimum absolute atomic E-state index is 0.133. The summed E-state index contributed by atoms with van der Waals surface area (Å²) in [7, 11) is 0. The summed E-state index contributed by atoms with van der Waals surface area (Å²) in [5.41, 5.74) is 2.40. The number of anilines is 1. The van der Waals surface area contributed by atoms with Crippen molar-refractivity contribution < 1.29 is 14.1 Å². The van der Waals surface area contributed by atoms with Crippen molar-refractivity contribution in [3.8, 4) is 17.1 Å². The molecule has 154 valence electrons. The van der Waals surface area contributed by atoms with Gasteiger partial charge in [-0.15, -0.1) is 5.10 Å². The van der Waals surface area contributed by atoms with E-state index in [0.717, 1.165) is 11.1 Å². The first-order valence-corrected chi connectivity index (χ1v) is 9.26. The number of aryl methyl sites for hydroxylation is 1. The van der Waals surface area contributed by atoms with Crippen molar-refractivity contribution in [2.75, 3.05) is 5.32 Å². The van der Waals surface area contributed by atoms with Gasteiger partial charge in [-0.3, -0.25) is 14.9 Å². The monoisotopic (exact) mass is 417 g/mol. The highest BCUT2D eigenvalue weighted by molar-refractivity contribution is 6.02. The number of nitro benzene ring substituents is 1. The number of hydrogen-bond donors (Lipinski definition) is 1. The van der Waals surface area contributed by atoms with Crippen LogP contribution in [0.15, 0.2) is 72.8 Å². The second-order valence-corrected chi connectivity index (χ2v) is 6.77. The molecule has 1 heterocycles. The maximum atomic E-state index is 13.4. The number of carbonyl (C=O) groups excluding carboxylic acids is 1. The highest BCUT2D eigenvalue weighted by atomic mass is 19.1. The molecule has 0 aliphatic heterocycles. The van der Waals surface area contributed by atoms with E-state index in [1.54, 1.807) is 0 Å². The number of aromatic nitrogens is 3. The van der Waals surface area contributed by atoms with Gasteiger partial charge in [0.05, 0.1) is 10.6 Å². The van der Waals surface area contributed by atoms with E-state index in [2.05, 4.69) is 15.4 Å². The molecule has 31 heavy (non-hydrogen) atoms. The summed E-state index contributed by atoms with van der Waals surface area (Å²) >= 11 is 0. The number of halogens is 1. The van der Waals surface area contributed by atoms with Gasteiger partial charge in [0.25, 0.3) is 11.6 Å². The molecule has 1 aromatic heterocycles. The molecule has 0 saturated carbocycles. The van der Waals surface area contributed by atoms with Gasteiger partial charge in [0.2, 0.25) is 5.82 Å². The van der Waals surface area contributed by atoms with Crippen LogP contribution in [-0.2, 0) is 0 Å². The lowest BCUT2D eigenvalue weighted by Crippen LogP contribution is -2.14. The van der Waals surface area contributed by atoms with Crippen molar-refractivity contribution in [2.24, 2.45) is 0 Å². The standard InChI is InChI=1S/C22H16FN5O3/c1-14-5-7-15(8-6-14)21-25-20(26-27(21)18-11-9-16(23)10-12-18)22(29)24-17-3-2-4-19(13-17)28(30)31/h2-13H,1H3,(H,24,29). The fraction of sp³-hybridized carbons (Fsp3) is 0.0455. The fourth-order valence-electron chi connectivity index (χ4n) is 2.94. The Balaban J connectivity index is 1.73. The summed E-state index contributed by atoms with van der Waals surface area (Å²) in [6, 6.07) is 18.7. The predicted octanol–water partition coefficient (Wildman–Crippen LogP) is 4.54. The van der Waals surface area contributed by atoms with Crippen LogP contribution in [0.25, 0.3) is 17.1 Å². The highest BCUT2D eigenvalue weighted by Gasteiger charge is 2.19. The molecule has 4 aromatic rings. The lowest BCUT2D eigenvalue weighted by atomic mass is 10.1. The van der Waals surface area contributed by atoms with E-state index in [1.165, 1.54) is 53.2 Å². The average Bonchev–Trinajstić information content (AvgIpc) is 3.20. The van der Waals surface area contributed by atoms with E-state index < -0.39 is 16.6 Å². The number of non-ortho nitro benzene ring substituents is 1. The Bertz CT molecular complexity index is 1200. The molecule has 0 bridgehead atoms. The van der Waals surface area contributed by atoms with Crippen LogP contribution in [0.2, 0.25) is 0 Å². The molecule has 1 N–H and O–H groups in total. The Kier molecular flexibility index (Phi) is 5.23. The molecule has 3 aromatic carbocycles. The Morgan fingerprint density at radius 2 is 1.77 bits per heavy atom. The van der Waals surface area contributed by atoms with E-state index in [9.17, 15) is 19.3 Å². The first-order valence-electron chi connectivity index (χ1n) is 9.26. The van der Waals surface area contributed by atoms with E-state index >= 15 is 0 Å². The van der Waals surface area contributed by atoms with Crippen molar-refractivity contribution in [2.45, 2.75) is 6.92 Å². The topological polar surface area (TPSA) is 103 Å². The zero-order chi connectivity index (χ0) is 22.0. The molecular weight excluding hydrogens is 401 g/mol. The van der Waals surface area contributed by atoms with Gasteiger partial charge >= 0.3 is 0 Å². The van der Waals surface area contributed by atoms with Gasteiger partial charge in [-0.1, -0.05) is 35.9 Å². The predicted molar refractivity (Wildman–Crippen MR) is 113 cm³/mol. The molecule has 8 nitrogen and oxygen atoms in total. The molecule has 0 saturated heterocycles. The number of rotatable bonds is 5. The molecule has 0 atom stereocenters. The minimum Gasteiger partial charge on any atom is -0.319 e. The number of nitrogens with zero attached hydrogens (tertiary/aromatic N) is 4. The van der Waals surface area contributed by atoms with E-state index in [0.29, 0.717) is 11.5 Å². The zero-order valence-electron chi connectivity index (χ0n) is 16.3. The van der Waals surface area contributed by atoms with Crippen LogP contribution in [-0.4, -0.2) is 25.6 Å². The number of hydrogen-bond acceptors (Lipinski definition) is 5. The first-order chi connectivity index (χ1) is 14.9. The Hall–Kier alpha value is -4.40.